The molecule has 8 heteroatoms. The molecule has 4 N–H and O–H groups in total. The summed E-state index contributed by atoms with van der Waals surface area (Å²) in [4.78, 5) is 1.59. The molecule has 1 aliphatic heterocycles. The predicted molar refractivity (Wildman–Crippen MR) is 122 cm³/mol. The quantitative estimate of drug-likeness (QED) is 0.438. The first-order chi connectivity index (χ1) is 15.8. The first kappa shape index (κ1) is 24.0. The molecule has 6 nitrogen and oxygen atoms in total. The van der Waals surface area contributed by atoms with Gasteiger partial charge in [-0.2, -0.15) is 0 Å². The minimum atomic E-state index is -1.69. The highest BCUT2D eigenvalue weighted by atomic mass is 32.1. The molecular weight excluding hydrogens is 447 g/mol. The summed E-state index contributed by atoms with van der Waals surface area (Å²) >= 11 is 1.40. The Morgan fingerprint density at radius 1 is 1.15 bits per heavy atom. The Hall–Kier alpha value is -2.17. The fourth-order valence-electron chi connectivity index (χ4n) is 4.23. The van der Waals surface area contributed by atoms with Crippen LogP contribution in [0.1, 0.15) is 34.1 Å². The van der Waals surface area contributed by atoms with Crippen molar-refractivity contribution in [3.8, 4) is 10.4 Å². The molecule has 0 bridgehead atoms. The summed E-state index contributed by atoms with van der Waals surface area (Å²) in [5.41, 5.74) is 2.68. The first-order valence-electron chi connectivity index (χ1n) is 10.6. The largest absolute Gasteiger partial charge is 0.394 e. The molecule has 0 aliphatic carbocycles. The van der Waals surface area contributed by atoms with Crippen molar-refractivity contribution in [3.05, 3.63) is 82.0 Å². The number of benzene rings is 2. The van der Waals surface area contributed by atoms with Crippen LogP contribution >= 0.6 is 11.3 Å². The maximum Gasteiger partial charge on any atom is 0.224 e. The van der Waals surface area contributed by atoms with Crippen LogP contribution in [0.15, 0.2) is 54.6 Å². The van der Waals surface area contributed by atoms with Gasteiger partial charge in [-0.05, 0) is 53.9 Å². The summed E-state index contributed by atoms with van der Waals surface area (Å²) in [7, 11) is 1.36. The van der Waals surface area contributed by atoms with Crippen LogP contribution in [0.4, 0.5) is 4.39 Å². The molecule has 5 atom stereocenters. The van der Waals surface area contributed by atoms with Gasteiger partial charge in [0, 0.05) is 28.8 Å². The Morgan fingerprint density at radius 3 is 2.55 bits per heavy atom. The highest BCUT2D eigenvalue weighted by Crippen LogP contribution is 2.41. The summed E-state index contributed by atoms with van der Waals surface area (Å²) < 4.78 is 24.7. The van der Waals surface area contributed by atoms with Gasteiger partial charge in [0.25, 0.3) is 0 Å². The van der Waals surface area contributed by atoms with E-state index in [1.54, 1.807) is 30.3 Å². The van der Waals surface area contributed by atoms with Gasteiger partial charge in [0.05, 0.1) is 18.8 Å². The average molecular weight is 475 g/mol. The van der Waals surface area contributed by atoms with Gasteiger partial charge in [-0.1, -0.05) is 24.3 Å². The van der Waals surface area contributed by atoms with Gasteiger partial charge in [0.15, 0.2) is 0 Å². The number of aliphatic hydroxyl groups is 4. The van der Waals surface area contributed by atoms with E-state index in [0.29, 0.717) is 16.0 Å². The smallest absolute Gasteiger partial charge is 0.224 e. The van der Waals surface area contributed by atoms with Gasteiger partial charge in [-0.25, -0.2) is 4.39 Å². The van der Waals surface area contributed by atoms with Crippen LogP contribution in [-0.2, 0) is 15.3 Å². The van der Waals surface area contributed by atoms with Gasteiger partial charge < -0.3 is 29.9 Å². The van der Waals surface area contributed by atoms with Crippen molar-refractivity contribution in [2.45, 2.75) is 43.5 Å². The molecule has 4 unspecified atom stereocenters. The summed E-state index contributed by atoms with van der Waals surface area (Å²) in [6.07, 6.45) is -4.14. The summed E-state index contributed by atoms with van der Waals surface area (Å²) in [6, 6.07) is 15.1. The van der Waals surface area contributed by atoms with Crippen molar-refractivity contribution in [3.63, 3.8) is 0 Å². The van der Waals surface area contributed by atoms with Crippen molar-refractivity contribution in [1.29, 1.82) is 0 Å². The Kier molecular flexibility index (Phi) is 6.97. The molecule has 0 spiro atoms. The minimum absolute atomic E-state index is 0.0749. The van der Waals surface area contributed by atoms with Gasteiger partial charge in [0.1, 0.15) is 18.0 Å². The molecule has 0 radical (unpaired) electrons. The normalized spacial score (nSPS) is 26.3. The van der Waals surface area contributed by atoms with Crippen LogP contribution in [0.3, 0.4) is 0 Å². The van der Waals surface area contributed by atoms with E-state index in [9.17, 15) is 24.8 Å². The molecule has 1 saturated heterocycles. The Bertz CT molecular complexity index is 1100. The predicted octanol–water partition coefficient (Wildman–Crippen LogP) is 3.25. The van der Waals surface area contributed by atoms with Crippen molar-refractivity contribution in [2.75, 3.05) is 13.7 Å². The number of ether oxygens (including phenoxy) is 2. The van der Waals surface area contributed by atoms with Crippen LogP contribution < -0.4 is 0 Å². The maximum atomic E-state index is 13.2. The van der Waals surface area contributed by atoms with E-state index in [0.717, 1.165) is 16.0 Å². The zero-order valence-electron chi connectivity index (χ0n) is 18.3. The molecule has 0 amide bonds. The molecule has 33 heavy (non-hydrogen) atoms. The molecule has 1 aromatic heterocycles. The monoisotopic (exact) mass is 474 g/mol. The number of halogens is 1. The first-order valence-corrected chi connectivity index (χ1v) is 11.5. The van der Waals surface area contributed by atoms with Crippen molar-refractivity contribution < 1.29 is 34.3 Å². The van der Waals surface area contributed by atoms with Crippen molar-refractivity contribution in [1.82, 2.24) is 0 Å². The molecular formula is C25H27FO6S. The second kappa shape index (κ2) is 9.60. The lowest BCUT2D eigenvalue weighted by atomic mass is 9.87. The highest BCUT2D eigenvalue weighted by molar-refractivity contribution is 7.15. The molecule has 2 aromatic carbocycles. The van der Waals surface area contributed by atoms with E-state index < -0.39 is 30.2 Å². The van der Waals surface area contributed by atoms with E-state index >= 15 is 0 Å². The molecule has 1 aliphatic rings. The second-order valence-corrected chi connectivity index (χ2v) is 9.34. The van der Waals surface area contributed by atoms with Crippen LogP contribution in [-0.4, -0.2) is 52.5 Å². The highest BCUT2D eigenvalue weighted by Gasteiger charge is 2.51. The lowest BCUT2D eigenvalue weighted by molar-refractivity contribution is -0.344. The summed E-state index contributed by atoms with van der Waals surface area (Å²) in [5.74, 6) is -2.00. The third-order valence-electron chi connectivity index (χ3n) is 6.11. The van der Waals surface area contributed by atoms with E-state index in [1.165, 1.54) is 30.6 Å². The molecule has 1 fully saturated rings. The zero-order valence-corrected chi connectivity index (χ0v) is 19.1. The number of aliphatic hydroxyl groups excluding tert-OH is 4. The maximum absolute atomic E-state index is 13.2. The van der Waals surface area contributed by atoms with E-state index in [1.807, 2.05) is 19.1 Å². The fraction of sp³-hybridized carbons (Fsp3) is 0.360. The van der Waals surface area contributed by atoms with E-state index in [2.05, 4.69) is 0 Å². The lowest BCUT2D eigenvalue weighted by Gasteiger charge is -2.45. The van der Waals surface area contributed by atoms with Crippen molar-refractivity contribution in [2.24, 2.45) is 0 Å². The molecule has 2 heterocycles. The Morgan fingerprint density at radius 2 is 1.88 bits per heavy atom. The second-order valence-electron chi connectivity index (χ2n) is 8.22. The SMILES string of the molecule is COC1(c2ccc(C)c(C(O)c3ccc(-c4ccc(F)cc4)s3)c2)OC(CO)CC(O)[C@H]1O. The van der Waals surface area contributed by atoms with Gasteiger partial charge >= 0.3 is 0 Å². The van der Waals surface area contributed by atoms with Crippen LogP contribution in [0.5, 0.6) is 0 Å². The third kappa shape index (κ3) is 4.48. The number of hydrogen-bond donors (Lipinski definition) is 4. The number of hydrogen-bond acceptors (Lipinski definition) is 7. The number of aryl methyl sites for hydroxylation is 1. The van der Waals surface area contributed by atoms with Crippen LogP contribution in [0, 0.1) is 12.7 Å². The number of methoxy groups -OCH3 is 1. The topological polar surface area (TPSA) is 99.4 Å². The van der Waals surface area contributed by atoms with E-state index in [-0.39, 0.29) is 18.8 Å². The molecule has 176 valence electrons. The standard InChI is InChI=1S/C25H27FO6S/c1-14-3-6-16(25(31-2)24(30)20(28)12-18(13-27)32-25)11-19(14)23(29)22-10-9-21(33-22)15-4-7-17(26)8-5-15/h3-11,18,20,23-24,27-30H,12-13H2,1-2H3/t18?,20?,23?,24-,25?/m1/s1. The molecule has 3 aromatic rings. The van der Waals surface area contributed by atoms with Gasteiger partial charge in [0.2, 0.25) is 5.79 Å². The number of thiophene rings is 1. The average Bonchev–Trinajstić information content (AvgIpc) is 3.31. The third-order valence-corrected chi connectivity index (χ3v) is 7.29. The van der Waals surface area contributed by atoms with Crippen LogP contribution in [0.25, 0.3) is 10.4 Å². The zero-order chi connectivity index (χ0) is 23.8. The Balaban J connectivity index is 1.69. The summed E-state index contributed by atoms with van der Waals surface area (Å²) in [5, 5.41) is 41.9. The van der Waals surface area contributed by atoms with Crippen LogP contribution in [0.2, 0.25) is 0 Å². The van der Waals surface area contributed by atoms with Gasteiger partial charge in [-0.15, -0.1) is 11.3 Å². The lowest BCUT2D eigenvalue weighted by Crippen LogP contribution is -2.57. The fourth-order valence-corrected chi connectivity index (χ4v) is 5.25. The molecule has 4 rings (SSSR count). The van der Waals surface area contributed by atoms with Gasteiger partial charge in [-0.3, -0.25) is 0 Å². The minimum Gasteiger partial charge on any atom is -0.394 e. The van der Waals surface area contributed by atoms with Crippen molar-refractivity contribution >= 4 is 11.3 Å². The summed E-state index contributed by atoms with van der Waals surface area (Å²) in [6.45, 7) is 1.53. The Labute approximate surface area is 195 Å². The molecule has 0 saturated carbocycles. The van der Waals surface area contributed by atoms with E-state index in [4.69, 9.17) is 9.47 Å². The number of rotatable bonds is 6.